The van der Waals surface area contributed by atoms with Gasteiger partial charge in [-0.3, -0.25) is 4.90 Å². The number of amides is 1. The highest BCUT2D eigenvalue weighted by molar-refractivity contribution is 5.67. The van der Waals surface area contributed by atoms with Crippen LogP contribution in [-0.4, -0.2) is 54.7 Å². The highest BCUT2D eigenvalue weighted by atomic mass is 16.6. The smallest absolute Gasteiger partial charge is 0.410 e. The molecule has 0 bridgehead atoms. The molecule has 4 heteroatoms. The summed E-state index contributed by atoms with van der Waals surface area (Å²) in [7, 11) is 0. The van der Waals surface area contributed by atoms with Crippen LogP contribution in [0, 0.1) is 0 Å². The van der Waals surface area contributed by atoms with Crippen molar-refractivity contribution < 1.29 is 9.53 Å². The molecule has 112 valence electrons. The fourth-order valence-corrected chi connectivity index (χ4v) is 2.37. The molecule has 1 aliphatic heterocycles. The molecule has 0 atom stereocenters. The Bertz CT molecular complexity index is 249. The molecular formula is C15H30N2O2. The highest BCUT2D eigenvalue weighted by Crippen LogP contribution is 2.08. The first kappa shape index (κ1) is 16.3. The summed E-state index contributed by atoms with van der Waals surface area (Å²) in [4.78, 5) is 16.0. The van der Waals surface area contributed by atoms with Gasteiger partial charge in [-0.25, -0.2) is 4.79 Å². The molecule has 19 heavy (non-hydrogen) atoms. The lowest BCUT2D eigenvalue weighted by Crippen LogP contribution is -2.49. The second-order valence-corrected chi connectivity index (χ2v) is 5.68. The van der Waals surface area contributed by atoms with Crippen molar-refractivity contribution in [3.63, 3.8) is 0 Å². The van der Waals surface area contributed by atoms with Gasteiger partial charge >= 0.3 is 6.09 Å². The lowest BCUT2D eigenvalue weighted by Gasteiger charge is -2.34. The summed E-state index contributed by atoms with van der Waals surface area (Å²) in [5.41, 5.74) is 0. The molecule has 4 nitrogen and oxygen atoms in total. The fourth-order valence-electron chi connectivity index (χ4n) is 2.37. The zero-order valence-corrected chi connectivity index (χ0v) is 12.9. The van der Waals surface area contributed by atoms with E-state index in [2.05, 4.69) is 11.8 Å². The normalized spacial score (nSPS) is 16.9. The predicted octanol–water partition coefficient (Wildman–Crippen LogP) is 3.12. The van der Waals surface area contributed by atoms with Crippen LogP contribution >= 0.6 is 0 Å². The van der Waals surface area contributed by atoms with Crippen LogP contribution in [0.1, 0.15) is 52.9 Å². The van der Waals surface area contributed by atoms with Gasteiger partial charge in [-0.15, -0.1) is 0 Å². The molecule has 0 aliphatic carbocycles. The van der Waals surface area contributed by atoms with Gasteiger partial charge in [0.05, 0.1) is 6.10 Å². The van der Waals surface area contributed by atoms with Gasteiger partial charge in [0.25, 0.3) is 0 Å². The molecule has 1 heterocycles. The molecule has 1 aliphatic rings. The molecule has 0 N–H and O–H groups in total. The second kappa shape index (κ2) is 9.18. The van der Waals surface area contributed by atoms with Crippen LogP contribution in [0.5, 0.6) is 0 Å². The summed E-state index contributed by atoms with van der Waals surface area (Å²) < 4.78 is 5.22. The minimum Gasteiger partial charge on any atom is -0.447 e. The number of rotatable bonds is 7. The van der Waals surface area contributed by atoms with Crippen molar-refractivity contribution >= 4 is 6.09 Å². The third kappa shape index (κ3) is 6.81. The van der Waals surface area contributed by atoms with Crippen LogP contribution < -0.4 is 0 Å². The lowest BCUT2D eigenvalue weighted by molar-refractivity contribution is 0.0569. The van der Waals surface area contributed by atoms with Crippen LogP contribution in [-0.2, 0) is 4.74 Å². The SMILES string of the molecule is CCCCCCCN1CCN(C(=O)OC(C)C)CC1. The summed E-state index contributed by atoms with van der Waals surface area (Å²) in [6.45, 7) is 10.8. The number of carbonyl (C=O) groups is 1. The fraction of sp³-hybridized carbons (Fsp3) is 0.933. The van der Waals surface area contributed by atoms with Crippen LogP contribution in [0.2, 0.25) is 0 Å². The van der Waals surface area contributed by atoms with Gasteiger partial charge in [0.15, 0.2) is 0 Å². The van der Waals surface area contributed by atoms with E-state index in [9.17, 15) is 4.79 Å². The number of hydrogen-bond donors (Lipinski definition) is 0. The van der Waals surface area contributed by atoms with E-state index in [-0.39, 0.29) is 12.2 Å². The largest absolute Gasteiger partial charge is 0.447 e. The summed E-state index contributed by atoms with van der Waals surface area (Å²) in [6, 6.07) is 0. The van der Waals surface area contributed by atoms with E-state index in [1.807, 2.05) is 18.7 Å². The van der Waals surface area contributed by atoms with E-state index >= 15 is 0 Å². The second-order valence-electron chi connectivity index (χ2n) is 5.68. The molecule has 0 radical (unpaired) electrons. The molecule has 1 rings (SSSR count). The molecule has 0 aromatic heterocycles. The Kier molecular flexibility index (Phi) is 7.87. The average molecular weight is 270 g/mol. The minimum absolute atomic E-state index is 0.0240. The van der Waals surface area contributed by atoms with Crippen molar-refractivity contribution in [2.24, 2.45) is 0 Å². The number of carbonyl (C=O) groups excluding carboxylic acids is 1. The number of piperazine rings is 1. The molecule has 0 aromatic carbocycles. The third-order valence-electron chi connectivity index (χ3n) is 3.54. The van der Waals surface area contributed by atoms with E-state index < -0.39 is 0 Å². The van der Waals surface area contributed by atoms with E-state index in [0.717, 1.165) is 26.2 Å². The summed E-state index contributed by atoms with van der Waals surface area (Å²) in [5, 5.41) is 0. The topological polar surface area (TPSA) is 32.8 Å². The van der Waals surface area contributed by atoms with Crippen LogP contribution in [0.3, 0.4) is 0 Å². The van der Waals surface area contributed by atoms with Gasteiger partial charge in [-0.1, -0.05) is 32.6 Å². The van der Waals surface area contributed by atoms with Gasteiger partial charge in [-0.05, 0) is 26.8 Å². The Morgan fingerprint density at radius 2 is 1.68 bits per heavy atom. The van der Waals surface area contributed by atoms with Crippen molar-refractivity contribution in [2.75, 3.05) is 32.7 Å². The minimum atomic E-state index is -0.155. The van der Waals surface area contributed by atoms with Crippen molar-refractivity contribution in [2.45, 2.75) is 59.0 Å². The first-order valence-electron chi connectivity index (χ1n) is 7.81. The maximum Gasteiger partial charge on any atom is 0.410 e. The van der Waals surface area contributed by atoms with Gasteiger partial charge < -0.3 is 9.64 Å². The molecule has 0 aromatic rings. The Balaban J connectivity index is 2.10. The zero-order chi connectivity index (χ0) is 14.1. The van der Waals surface area contributed by atoms with Crippen molar-refractivity contribution in [1.82, 2.24) is 9.80 Å². The van der Waals surface area contributed by atoms with Gasteiger partial charge in [0.2, 0.25) is 0 Å². The molecule has 1 amide bonds. The van der Waals surface area contributed by atoms with E-state index in [1.165, 1.54) is 38.6 Å². The maximum atomic E-state index is 11.7. The first-order chi connectivity index (χ1) is 9.13. The zero-order valence-electron chi connectivity index (χ0n) is 12.9. The molecule has 0 saturated carbocycles. The van der Waals surface area contributed by atoms with Crippen LogP contribution in [0.15, 0.2) is 0 Å². The lowest BCUT2D eigenvalue weighted by atomic mass is 10.1. The molecule has 1 fully saturated rings. The van der Waals surface area contributed by atoms with Crippen molar-refractivity contribution in [3.05, 3.63) is 0 Å². The Morgan fingerprint density at radius 1 is 1.05 bits per heavy atom. The third-order valence-corrected chi connectivity index (χ3v) is 3.54. The standard InChI is InChI=1S/C15H30N2O2/c1-4-5-6-7-8-9-16-10-12-17(13-11-16)15(18)19-14(2)3/h14H,4-13H2,1-3H3. The van der Waals surface area contributed by atoms with Crippen LogP contribution in [0.4, 0.5) is 4.79 Å². The quantitative estimate of drug-likeness (QED) is 0.666. The molecule has 1 saturated heterocycles. The van der Waals surface area contributed by atoms with Gasteiger partial charge in [0.1, 0.15) is 0 Å². The Morgan fingerprint density at radius 3 is 2.26 bits per heavy atom. The number of ether oxygens (including phenoxy) is 1. The van der Waals surface area contributed by atoms with E-state index in [1.54, 1.807) is 0 Å². The molecular weight excluding hydrogens is 240 g/mol. The highest BCUT2D eigenvalue weighted by Gasteiger charge is 2.22. The van der Waals surface area contributed by atoms with Crippen molar-refractivity contribution in [3.8, 4) is 0 Å². The molecule has 0 spiro atoms. The first-order valence-corrected chi connectivity index (χ1v) is 7.81. The average Bonchev–Trinajstić information content (AvgIpc) is 2.38. The van der Waals surface area contributed by atoms with Crippen molar-refractivity contribution in [1.29, 1.82) is 0 Å². The van der Waals surface area contributed by atoms with Gasteiger partial charge in [-0.2, -0.15) is 0 Å². The summed E-state index contributed by atoms with van der Waals surface area (Å²) in [6.07, 6.45) is 6.46. The maximum absolute atomic E-state index is 11.7. The predicted molar refractivity (Wildman–Crippen MR) is 78.4 cm³/mol. The van der Waals surface area contributed by atoms with Crippen LogP contribution in [0.25, 0.3) is 0 Å². The number of hydrogen-bond acceptors (Lipinski definition) is 3. The monoisotopic (exact) mass is 270 g/mol. The number of unbranched alkanes of at least 4 members (excludes halogenated alkanes) is 4. The Hall–Kier alpha value is -0.770. The number of nitrogens with zero attached hydrogens (tertiary/aromatic N) is 2. The van der Waals surface area contributed by atoms with Gasteiger partial charge in [0, 0.05) is 26.2 Å². The molecule has 0 unspecified atom stereocenters. The Labute approximate surface area is 118 Å². The van der Waals surface area contributed by atoms with E-state index in [0.29, 0.717) is 0 Å². The van der Waals surface area contributed by atoms with E-state index in [4.69, 9.17) is 4.74 Å². The summed E-state index contributed by atoms with van der Waals surface area (Å²) >= 11 is 0. The summed E-state index contributed by atoms with van der Waals surface area (Å²) in [5.74, 6) is 0.